The summed E-state index contributed by atoms with van der Waals surface area (Å²) in [6.07, 6.45) is 2.14. The van der Waals surface area contributed by atoms with E-state index >= 15 is 0 Å². The molecule has 20 heavy (non-hydrogen) atoms. The quantitative estimate of drug-likeness (QED) is 0.784. The first kappa shape index (κ1) is 14.8. The van der Waals surface area contributed by atoms with Gasteiger partial charge in [0.1, 0.15) is 5.56 Å². The molecule has 5 nitrogen and oxygen atoms in total. The first-order valence-electron chi connectivity index (χ1n) is 7.20. The predicted molar refractivity (Wildman–Crippen MR) is 77.8 cm³/mol. The molecule has 0 radical (unpaired) electrons. The van der Waals surface area contributed by atoms with Gasteiger partial charge in [-0.1, -0.05) is 6.92 Å². The van der Waals surface area contributed by atoms with Crippen molar-refractivity contribution in [2.75, 3.05) is 6.54 Å². The minimum Gasteiger partial charge on any atom is -0.335 e. The number of rotatable bonds is 1. The third-order valence-corrected chi connectivity index (χ3v) is 4.57. The van der Waals surface area contributed by atoms with Crippen molar-refractivity contribution in [1.29, 1.82) is 0 Å². The molecule has 0 spiro atoms. The van der Waals surface area contributed by atoms with Gasteiger partial charge in [0, 0.05) is 19.6 Å². The molecule has 110 valence electrons. The summed E-state index contributed by atoms with van der Waals surface area (Å²) in [6.45, 7) is 8.58. The number of amides is 1. The highest BCUT2D eigenvalue weighted by Gasteiger charge is 2.31. The second-order valence-electron chi connectivity index (χ2n) is 5.87. The van der Waals surface area contributed by atoms with Crippen LogP contribution in [0.1, 0.15) is 48.3 Å². The van der Waals surface area contributed by atoms with E-state index in [1.165, 1.54) is 4.68 Å². The van der Waals surface area contributed by atoms with E-state index in [4.69, 9.17) is 0 Å². The van der Waals surface area contributed by atoms with Crippen LogP contribution in [0.3, 0.4) is 0 Å². The molecule has 0 bridgehead atoms. The highest BCUT2D eigenvalue weighted by molar-refractivity contribution is 5.95. The summed E-state index contributed by atoms with van der Waals surface area (Å²) < 4.78 is 1.26. The van der Waals surface area contributed by atoms with E-state index in [-0.39, 0.29) is 23.1 Å². The molecule has 5 heteroatoms. The normalized spacial score (nSPS) is 22.9. The number of carbonyl (C=O) groups is 1. The lowest BCUT2D eigenvalue weighted by atomic mass is 9.91. The van der Waals surface area contributed by atoms with Gasteiger partial charge in [0.25, 0.3) is 11.5 Å². The van der Waals surface area contributed by atoms with Crippen molar-refractivity contribution in [1.82, 2.24) is 14.7 Å². The van der Waals surface area contributed by atoms with E-state index in [0.717, 1.165) is 25.1 Å². The van der Waals surface area contributed by atoms with Gasteiger partial charge in [-0.3, -0.25) is 9.59 Å². The van der Waals surface area contributed by atoms with Crippen LogP contribution in [0.4, 0.5) is 0 Å². The summed E-state index contributed by atoms with van der Waals surface area (Å²) in [4.78, 5) is 26.9. The van der Waals surface area contributed by atoms with E-state index < -0.39 is 0 Å². The highest BCUT2D eigenvalue weighted by Crippen LogP contribution is 2.24. The Morgan fingerprint density at radius 1 is 1.30 bits per heavy atom. The Balaban J connectivity index is 2.46. The van der Waals surface area contributed by atoms with Gasteiger partial charge in [0.2, 0.25) is 0 Å². The fourth-order valence-corrected chi connectivity index (χ4v) is 2.87. The summed E-state index contributed by atoms with van der Waals surface area (Å²) in [6, 6.07) is 0.175. The van der Waals surface area contributed by atoms with Crippen LogP contribution in [0.5, 0.6) is 0 Å². The molecule has 0 unspecified atom stereocenters. The van der Waals surface area contributed by atoms with Crippen LogP contribution in [0.2, 0.25) is 0 Å². The molecule has 1 fully saturated rings. The minimum absolute atomic E-state index is 0.146. The average molecular weight is 277 g/mol. The van der Waals surface area contributed by atoms with Crippen LogP contribution in [0.25, 0.3) is 0 Å². The summed E-state index contributed by atoms with van der Waals surface area (Å²) in [5, 5.41) is 4.13. The van der Waals surface area contributed by atoms with E-state index in [1.807, 2.05) is 11.8 Å². The second kappa shape index (κ2) is 5.38. The Kier molecular flexibility index (Phi) is 3.97. The van der Waals surface area contributed by atoms with Gasteiger partial charge >= 0.3 is 0 Å². The van der Waals surface area contributed by atoms with Gasteiger partial charge in [0.15, 0.2) is 0 Å². The molecule has 0 aliphatic carbocycles. The van der Waals surface area contributed by atoms with Crippen molar-refractivity contribution in [2.24, 2.45) is 13.0 Å². The van der Waals surface area contributed by atoms with E-state index in [0.29, 0.717) is 11.5 Å². The Morgan fingerprint density at radius 3 is 2.60 bits per heavy atom. The fourth-order valence-electron chi connectivity index (χ4n) is 2.87. The number of likely N-dealkylation sites (tertiary alicyclic amines) is 1. The molecule has 1 aliphatic heterocycles. The Bertz CT molecular complexity index is 592. The van der Waals surface area contributed by atoms with Gasteiger partial charge in [0.05, 0.1) is 5.69 Å². The molecule has 0 saturated carbocycles. The van der Waals surface area contributed by atoms with Crippen LogP contribution < -0.4 is 5.56 Å². The van der Waals surface area contributed by atoms with Crippen molar-refractivity contribution in [2.45, 2.75) is 46.6 Å². The van der Waals surface area contributed by atoms with Crippen LogP contribution in [-0.2, 0) is 7.05 Å². The van der Waals surface area contributed by atoms with Crippen LogP contribution in [0, 0.1) is 19.8 Å². The van der Waals surface area contributed by atoms with Crippen molar-refractivity contribution >= 4 is 5.91 Å². The first-order chi connectivity index (χ1) is 9.34. The van der Waals surface area contributed by atoms with Gasteiger partial charge in [-0.25, -0.2) is 4.68 Å². The molecule has 1 aromatic heterocycles. The Morgan fingerprint density at radius 2 is 1.95 bits per heavy atom. The average Bonchev–Trinajstić information content (AvgIpc) is 2.40. The maximum Gasteiger partial charge on any atom is 0.279 e. The van der Waals surface area contributed by atoms with Gasteiger partial charge < -0.3 is 4.90 Å². The smallest absolute Gasteiger partial charge is 0.279 e. The zero-order valence-corrected chi connectivity index (χ0v) is 12.9. The fraction of sp³-hybridized carbons (Fsp3) is 0.667. The predicted octanol–water partition coefficient (Wildman–Crippen LogP) is 1.66. The summed E-state index contributed by atoms with van der Waals surface area (Å²) in [5.41, 5.74) is 1.40. The van der Waals surface area contributed by atoms with Gasteiger partial charge in [-0.15, -0.1) is 0 Å². The van der Waals surface area contributed by atoms with E-state index in [2.05, 4.69) is 18.9 Å². The molecular weight excluding hydrogens is 254 g/mol. The molecule has 1 aromatic rings. The van der Waals surface area contributed by atoms with Crippen molar-refractivity contribution in [3.8, 4) is 0 Å². The second-order valence-corrected chi connectivity index (χ2v) is 5.87. The third kappa shape index (κ3) is 2.37. The largest absolute Gasteiger partial charge is 0.335 e. The monoisotopic (exact) mass is 277 g/mol. The van der Waals surface area contributed by atoms with Crippen LogP contribution in [0.15, 0.2) is 4.79 Å². The molecule has 2 heterocycles. The molecule has 1 amide bonds. The van der Waals surface area contributed by atoms with Gasteiger partial charge in [-0.2, -0.15) is 5.10 Å². The molecule has 2 rings (SSSR count). The van der Waals surface area contributed by atoms with Crippen LogP contribution in [-0.4, -0.2) is 33.2 Å². The molecule has 0 N–H and O–H groups in total. The number of aryl methyl sites for hydroxylation is 2. The molecular formula is C15H23N3O2. The summed E-state index contributed by atoms with van der Waals surface area (Å²) in [5.74, 6) is 0.326. The van der Waals surface area contributed by atoms with Crippen molar-refractivity contribution in [3.05, 3.63) is 27.2 Å². The Hall–Kier alpha value is -1.65. The van der Waals surface area contributed by atoms with E-state index in [1.54, 1.807) is 14.0 Å². The number of carbonyl (C=O) groups excluding carboxylic acids is 1. The third-order valence-electron chi connectivity index (χ3n) is 4.57. The molecule has 2 atom stereocenters. The maximum atomic E-state index is 12.8. The first-order valence-corrected chi connectivity index (χ1v) is 7.20. The number of nitrogens with zero attached hydrogens (tertiary/aromatic N) is 3. The Labute approximate surface area is 119 Å². The summed E-state index contributed by atoms with van der Waals surface area (Å²) in [7, 11) is 1.59. The highest BCUT2D eigenvalue weighted by atomic mass is 16.2. The molecule has 1 aliphatic rings. The minimum atomic E-state index is -0.302. The van der Waals surface area contributed by atoms with Crippen LogP contribution >= 0.6 is 0 Å². The standard InChI is InChI=1S/C15H23N3O2/c1-9-7-6-8-18(12(9)4)15(20)13-10(2)11(3)16-17(5)14(13)19/h9,12H,6-8H2,1-5H3/t9-,12+/m0/s1. The molecule has 0 aromatic carbocycles. The number of hydrogen-bond acceptors (Lipinski definition) is 3. The zero-order chi connectivity index (χ0) is 15.0. The number of hydrogen-bond donors (Lipinski definition) is 0. The summed E-state index contributed by atoms with van der Waals surface area (Å²) >= 11 is 0. The van der Waals surface area contributed by atoms with Crippen molar-refractivity contribution < 1.29 is 4.79 Å². The number of piperidine rings is 1. The number of aromatic nitrogens is 2. The van der Waals surface area contributed by atoms with Crippen molar-refractivity contribution in [3.63, 3.8) is 0 Å². The zero-order valence-electron chi connectivity index (χ0n) is 12.9. The maximum absolute atomic E-state index is 12.8. The SMILES string of the molecule is Cc1nn(C)c(=O)c(C(=O)N2CCC[C@H](C)[C@H]2C)c1C. The van der Waals surface area contributed by atoms with E-state index in [9.17, 15) is 9.59 Å². The lowest BCUT2D eigenvalue weighted by Crippen LogP contribution is -2.48. The van der Waals surface area contributed by atoms with Gasteiger partial charge in [-0.05, 0) is 45.1 Å². The lowest BCUT2D eigenvalue weighted by Gasteiger charge is -2.38. The molecule has 1 saturated heterocycles. The lowest BCUT2D eigenvalue weighted by molar-refractivity contribution is 0.0547. The topological polar surface area (TPSA) is 55.2 Å².